The number of hydrogen-bond donors (Lipinski definition) is 2. The van der Waals surface area contributed by atoms with Crippen LogP contribution in [0.5, 0.6) is 0 Å². The third kappa shape index (κ3) is 4.73. The Morgan fingerprint density at radius 1 is 1.33 bits per heavy atom. The number of allylic oxidation sites excluding steroid dienone is 1. The van der Waals surface area contributed by atoms with Gasteiger partial charge in [-0.15, -0.1) is 0 Å². The Labute approximate surface area is 128 Å². The molecule has 120 valence electrons. The Hall–Kier alpha value is -1.03. The molecule has 0 radical (unpaired) electrons. The van der Waals surface area contributed by atoms with Crippen molar-refractivity contribution >= 4 is 6.09 Å². The van der Waals surface area contributed by atoms with Crippen molar-refractivity contribution in [2.24, 2.45) is 5.41 Å². The first-order valence-corrected chi connectivity index (χ1v) is 8.19. The molecule has 4 heteroatoms. The molecule has 21 heavy (non-hydrogen) atoms. The molecule has 2 fully saturated rings. The van der Waals surface area contributed by atoms with Gasteiger partial charge in [-0.25, -0.2) is 4.79 Å². The molecule has 1 spiro atoms. The SMILES string of the molecule is CC=CCNC1CCC2(CC1)CC2NC(=O)OC(C)(C)C. The van der Waals surface area contributed by atoms with Gasteiger partial charge in [0.15, 0.2) is 0 Å². The Kier molecular flexibility index (Phi) is 4.97. The standard InChI is InChI=1S/C17H30N2O2/c1-5-6-11-18-13-7-9-17(10-8-13)12-14(17)19-15(20)21-16(2,3)4/h5-6,13-14,18H,7-12H2,1-4H3,(H,19,20). The summed E-state index contributed by atoms with van der Waals surface area (Å²) in [4.78, 5) is 11.8. The number of rotatable bonds is 4. The van der Waals surface area contributed by atoms with E-state index in [1.807, 2.05) is 20.8 Å². The van der Waals surface area contributed by atoms with Gasteiger partial charge in [0.05, 0.1) is 0 Å². The van der Waals surface area contributed by atoms with Crippen LogP contribution >= 0.6 is 0 Å². The maximum Gasteiger partial charge on any atom is 0.407 e. The van der Waals surface area contributed by atoms with Gasteiger partial charge in [0.2, 0.25) is 0 Å². The van der Waals surface area contributed by atoms with E-state index in [2.05, 4.69) is 29.7 Å². The topological polar surface area (TPSA) is 50.4 Å². The molecule has 1 atom stereocenters. The largest absolute Gasteiger partial charge is 0.444 e. The first-order chi connectivity index (χ1) is 9.85. The van der Waals surface area contributed by atoms with Crippen molar-refractivity contribution in [3.05, 3.63) is 12.2 Å². The molecule has 0 aromatic heterocycles. The Morgan fingerprint density at radius 2 is 2.00 bits per heavy atom. The van der Waals surface area contributed by atoms with Crippen LogP contribution in [-0.2, 0) is 4.74 Å². The van der Waals surface area contributed by atoms with E-state index in [4.69, 9.17) is 4.74 Å². The molecule has 0 heterocycles. The summed E-state index contributed by atoms with van der Waals surface area (Å²) in [5.74, 6) is 0. The highest BCUT2D eigenvalue weighted by molar-refractivity contribution is 5.68. The fourth-order valence-electron chi connectivity index (χ4n) is 3.30. The number of carbonyl (C=O) groups is 1. The first kappa shape index (κ1) is 16.3. The van der Waals surface area contributed by atoms with Crippen LogP contribution < -0.4 is 10.6 Å². The number of amides is 1. The van der Waals surface area contributed by atoms with Gasteiger partial charge in [-0.05, 0) is 65.2 Å². The van der Waals surface area contributed by atoms with Crippen molar-refractivity contribution in [2.45, 2.75) is 77.5 Å². The minimum atomic E-state index is -0.416. The zero-order valence-corrected chi connectivity index (χ0v) is 13.9. The lowest BCUT2D eigenvalue weighted by atomic mass is 9.83. The minimum Gasteiger partial charge on any atom is -0.444 e. The van der Waals surface area contributed by atoms with E-state index in [0.717, 1.165) is 13.0 Å². The van der Waals surface area contributed by atoms with Crippen molar-refractivity contribution < 1.29 is 9.53 Å². The fraction of sp³-hybridized carbons (Fsp3) is 0.824. The number of alkyl carbamates (subject to hydrolysis) is 1. The summed E-state index contributed by atoms with van der Waals surface area (Å²) in [7, 11) is 0. The molecule has 0 saturated heterocycles. The average molecular weight is 294 g/mol. The van der Waals surface area contributed by atoms with Crippen molar-refractivity contribution in [1.29, 1.82) is 0 Å². The van der Waals surface area contributed by atoms with Crippen LogP contribution in [0.4, 0.5) is 4.79 Å². The maximum absolute atomic E-state index is 11.8. The van der Waals surface area contributed by atoms with Crippen LogP contribution in [-0.4, -0.2) is 30.3 Å². The van der Waals surface area contributed by atoms with Gasteiger partial charge in [-0.2, -0.15) is 0 Å². The second-order valence-corrected chi connectivity index (χ2v) is 7.52. The molecule has 2 saturated carbocycles. The summed E-state index contributed by atoms with van der Waals surface area (Å²) >= 11 is 0. The molecule has 1 amide bonds. The minimum absolute atomic E-state index is 0.266. The van der Waals surface area contributed by atoms with E-state index in [9.17, 15) is 4.79 Å². The molecule has 0 aliphatic heterocycles. The van der Waals surface area contributed by atoms with E-state index in [1.54, 1.807) is 0 Å². The molecule has 2 aliphatic carbocycles. The van der Waals surface area contributed by atoms with Gasteiger partial charge in [-0.1, -0.05) is 12.2 Å². The van der Waals surface area contributed by atoms with Crippen molar-refractivity contribution in [3.63, 3.8) is 0 Å². The zero-order valence-electron chi connectivity index (χ0n) is 13.9. The van der Waals surface area contributed by atoms with Gasteiger partial charge in [-0.3, -0.25) is 0 Å². The van der Waals surface area contributed by atoms with Gasteiger partial charge in [0, 0.05) is 18.6 Å². The number of nitrogens with one attached hydrogen (secondary N) is 2. The molecule has 0 bridgehead atoms. The zero-order chi connectivity index (χ0) is 15.5. The quantitative estimate of drug-likeness (QED) is 0.782. The fourth-order valence-corrected chi connectivity index (χ4v) is 3.30. The van der Waals surface area contributed by atoms with Crippen LogP contribution in [0.1, 0.15) is 59.8 Å². The average Bonchev–Trinajstić information content (AvgIpc) is 3.02. The highest BCUT2D eigenvalue weighted by Gasteiger charge is 2.55. The molecule has 4 nitrogen and oxygen atoms in total. The van der Waals surface area contributed by atoms with E-state index >= 15 is 0 Å². The smallest absolute Gasteiger partial charge is 0.407 e. The summed E-state index contributed by atoms with van der Waals surface area (Å²) in [5, 5.41) is 6.62. The van der Waals surface area contributed by atoms with Gasteiger partial charge < -0.3 is 15.4 Å². The predicted molar refractivity (Wildman–Crippen MR) is 85.3 cm³/mol. The molecule has 2 N–H and O–H groups in total. The van der Waals surface area contributed by atoms with Crippen LogP contribution in [0.15, 0.2) is 12.2 Å². The van der Waals surface area contributed by atoms with Crippen LogP contribution in [0, 0.1) is 5.41 Å². The van der Waals surface area contributed by atoms with Crippen molar-refractivity contribution in [1.82, 2.24) is 10.6 Å². The van der Waals surface area contributed by atoms with Gasteiger partial charge in [0.25, 0.3) is 0 Å². The number of ether oxygens (including phenoxy) is 1. The molecule has 2 aliphatic rings. The summed E-state index contributed by atoms with van der Waals surface area (Å²) in [6, 6.07) is 0.957. The van der Waals surface area contributed by atoms with E-state index in [0.29, 0.717) is 17.5 Å². The lowest BCUT2D eigenvalue weighted by Gasteiger charge is -2.30. The van der Waals surface area contributed by atoms with E-state index in [1.165, 1.54) is 25.7 Å². The van der Waals surface area contributed by atoms with Crippen LogP contribution in [0.3, 0.4) is 0 Å². The normalized spacial score (nSPS) is 32.4. The summed E-state index contributed by atoms with van der Waals surface area (Å²) in [6.45, 7) is 8.72. The third-order valence-electron chi connectivity index (χ3n) is 4.62. The lowest BCUT2D eigenvalue weighted by molar-refractivity contribution is 0.0512. The monoisotopic (exact) mass is 294 g/mol. The van der Waals surface area contributed by atoms with Crippen molar-refractivity contribution in [2.75, 3.05) is 6.54 Å². The van der Waals surface area contributed by atoms with Crippen molar-refractivity contribution in [3.8, 4) is 0 Å². The maximum atomic E-state index is 11.8. The third-order valence-corrected chi connectivity index (χ3v) is 4.62. The van der Waals surface area contributed by atoms with Gasteiger partial charge >= 0.3 is 6.09 Å². The van der Waals surface area contributed by atoms with E-state index < -0.39 is 5.60 Å². The molecule has 2 rings (SSSR count). The van der Waals surface area contributed by atoms with Crippen LogP contribution in [0.2, 0.25) is 0 Å². The highest BCUT2D eigenvalue weighted by Crippen LogP contribution is 2.56. The predicted octanol–water partition coefficient (Wildman–Crippen LogP) is 3.38. The molecule has 0 aromatic carbocycles. The van der Waals surface area contributed by atoms with Gasteiger partial charge in [0.1, 0.15) is 5.60 Å². The lowest BCUT2D eigenvalue weighted by Crippen LogP contribution is -2.38. The summed E-state index contributed by atoms with van der Waals surface area (Å²) < 4.78 is 5.34. The highest BCUT2D eigenvalue weighted by atomic mass is 16.6. The number of hydrogen-bond acceptors (Lipinski definition) is 3. The summed E-state index contributed by atoms with van der Waals surface area (Å²) in [6.07, 6.45) is 9.94. The first-order valence-electron chi connectivity index (χ1n) is 8.19. The Bertz CT molecular complexity index is 390. The molecule has 1 unspecified atom stereocenters. The number of carbonyl (C=O) groups excluding carboxylic acids is 1. The van der Waals surface area contributed by atoms with E-state index in [-0.39, 0.29) is 6.09 Å². The van der Waals surface area contributed by atoms with Crippen LogP contribution in [0.25, 0.3) is 0 Å². The second-order valence-electron chi connectivity index (χ2n) is 7.52. The summed E-state index contributed by atoms with van der Waals surface area (Å²) in [5.41, 5.74) is -0.0593. The Morgan fingerprint density at radius 3 is 2.57 bits per heavy atom. The molecule has 0 aromatic rings. The molecular weight excluding hydrogens is 264 g/mol. The molecular formula is C17H30N2O2. The Balaban J connectivity index is 1.70. The second kappa shape index (κ2) is 6.39.